The molecule has 1 N–H and O–H groups in total. The minimum Gasteiger partial charge on any atom is -0.508 e. The SMILES string of the molecule is CN1CCSc2ccc(O)cc2C1. The number of hydrogen-bond donors (Lipinski definition) is 1. The van der Waals surface area contributed by atoms with Gasteiger partial charge in [0.2, 0.25) is 0 Å². The van der Waals surface area contributed by atoms with E-state index < -0.39 is 0 Å². The van der Waals surface area contributed by atoms with Crippen molar-refractivity contribution in [2.75, 3.05) is 19.3 Å². The maximum Gasteiger partial charge on any atom is 0.115 e. The summed E-state index contributed by atoms with van der Waals surface area (Å²) in [5, 5.41) is 9.34. The summed E-state index contributed by atoms with van der Waals surface area (Å²) in [6, 6.07) is 5.63. The lowest BCUT2D eigenvalue weighted by molar-refractivity contribution is 0.348. The summed E-state index contributed by atoms with van der Waals surface area (Å²) in [6.45, 7) is 2.05. The Bertz CT molecular complexity index is 314. The summed E-state index contributed by atoms with van der Waals surface area (Å²) in [5.74, 6) is 1.50. The fourth-order valence-electron chi connectivity index (χ4n) is 1.51. The molecule has 0 atom stereocenters. The fourth-order valence-corrected chi connectivity index (χ4v) is 2.61. The monoisotopic (exact) mass is 195 g/mol. The van der Waals surface area contributed by atoms with E-state index in [9.17, 15) is 5.11 Å². The van der Waals surface area contributed by atoms with Crippen molar-refractivity contribution >= 4 is 11.8 Å². The fraction of sp³-hybridized carbons (Fsp3) is 0.400. The number of phenols is 1. The predicted molar refractivity (Wildman–Crippen MR) is 55.2 cm³/mol. The Morgan fingerprint density at radius 2 is 2.31 bits per heavy atom. The van der Waals surface area contributed by atoms with E-state index in [2.05, 4.69) is 11.9 Å². The molecule has 0 aromatic heterocycles. The van der Waals surface area contributed by atoms with E-state index >= 15 is 0 Å². The molecule has 0 saturated heterocycles. The first-order valence-corrected chi connectivity index (χ1v) is 5.37. The molecular formula is C10H13NOS. The zero-order chi connectivity index (χ0) is 9.26. The lowest BCUT2D eigenvalue weighted by atomic mass is 10.2. The second-order valence-electron chi connectivity index (χ2n) is 3.38. The van der Waals surface area contributed by atoms with Gasteiger partial charge in [0.05, 0.1) is 0 Å². The number of nitrogens with zero attached hydrogens (tertiary/aromatic N) is 1. The van der Waals surface area contributed by atoms with Crippen LogP contribution in [-0.4, -0.2) is 29.4 Å². The maximum atomic E-state index is 9.34. The van der Waals surface area contributed by atoms with E-state index in [1.165, 1.54) is 10.5 Å². The Kier molecular flexibility index (Phi) is 2.47. The van der Waals surface area contributed by atoms with Gasteiger partial charge in [-0.2, -0.15) is 0 Å². The average molecular weight is 195 g/mol. The quantitative estimate of drug-likeness (QED) is 0.684. The normalized spacial score (nSPS) is 17.9. The summed E-state index contributed by atoms with van der Waals surface area (Å²) in [5.41, 5.74) is 1.24. The van der Waals surface area contributed by atoms with Crippen molar-refractivity contribution in [1.82, 2.24) is 4.90 Å². The van der Waals surface area contributed by atoms with Crippen LogP contribution in [0.25, 0.3) is 0 Å². The number of thioether (sulfide) groups is 1. The van der Waals surface area contributed by atoms with Crippen LogP contribution >= 0.6 is 11.8 Å². The van der Waals surface area contributed by atoms with Gasteiger partial charge >= 0.3 is 0 Å². The number of hydrogen-bond acceptors (Lipinski definition) is 3. The molecule has 2 rings (SSSR count). The van der Waals surface area contributed by atoms with Gasteiger partial charge in [0, 0.05) is 23.7 Å². The molecule has 0 unspecified atom stereocenters. The highest BCUT2D eigenvalue weighted by atomic mass is 32.2. The third kappa shape index (κ3) is 1.98. The third-order valence-electron chi connectivity index (χ3n) is 2.21. The van der Waals surface area contributed by atoms with E-state index in [1.54, 1.807) is 6.07 Å². The van der Waals surface area contributed by atoms with Crippen LogP contribution in [0.15, 0.2) is 23.1 Å². The molecule has 0 aliphatic carbocycles. The predicted octanol–water partition coefficient (Wildman–Crippen LogP) is 1.93. The van der Waals surface area contributed by atoms with E-state index in [1.807, 2.05) is 23.9 Å². The molecular weight excluding hydrogens is 182 g/mol. The lowest BCUT2D eigenvalue weighted by Gasteiger charge is -2.12. The van der Waals surface area contributed by atoms with E-state index in [-0.39, 0.29) is 0 Å². The molecule has 3 heteroatoms. The van der Waals surface area contributed by atoms with Gasteiger partial charge in [-0.05, 0) is 30.8 Å². The lowest BCUT2D eigenvalue weighted by Crippen LogP contribution is -2.18. The molecule has 13 heavy (non-hydrogen) atoms. The molecule has 0 bridgehead atoms. The second-order valence-corrected chi connectivity index (χ2v) is 4.52. The molecule has 1 heterocycles. The molecule has 1 aromatic rings. The van der Waals surface area contributed by atoms with Gasteiger partial charge in [0.25, 0.3) is 0 Å². The van der Waals surface area contributed by atoms with Crippen molar-refractivity contribution in [3.8, 4) is 5.75 Å². The van der Waals surface area contributed by atoms with Gasteiger partial charge < -0.3 is 10.0 Å². The van der Waals surface area contributed by atoms with Gasteiger partial charge in [-0.3, -0.25) is 0 Å². The van der Waals surface area contributed by atoms with Crippen molar-refractivity contribution in [3.05, 3.63) is 23.8 Å². The molecule has 0 radical (unpaired) electrons. The highest BCUT2D eigenvalue weighted by Gasteiger charge is 2.11. The maximum absolute atomic E-state index is 9.34. The van der Waals surface area contributed by atoms with Crippen LogP contribution in [0, 0.1) is 0 Å². The molecule has 0 saturated carbocycles. The number of aromatic hydroxyl groups is 1. The van der Waals surface area contributed by atoms with Gasteiger partial charge in [-0.25, -0.2) is 0 Å². The molecule has 0 amide bonds. The minimum absolute atomic E-state index is 0.370. The van der Waals surface area contributed by atoms with Gasteiger partial charge in [0.15, 0.2) is 0 Å². The second kappa shape index (κ2) is 3.60. The van der Waals surface area contributed by atoms with Crippen molar-refractivity contribution < 1.29 is 5.11 Å². The molecule has 70 valence electrons. The van der Waals surface area contributed by atoms with Crippen LogP contribution in [-0.2, 0) is 6.54 Å². The average Bonchev–Trinajstić information content (AvgIpc) is 2.25. The largest absolute Gasteiger partial charge is 0.508 e. The van der Waals surface area contributed by atoms with Gasteiger partial charge in [0.1, 0.15) is 5.75 Å². The highest BCUT2D eigenvalue weighted by Crippen LogP contribution is 2.29. The molecule has 1 aromatic carbocycles. The van der Waals surface area contributed by atoms with E-state index in [4.69, 9.17) is 0 Å². The summed E-state index contributed by atoms with van der Waals surface area (Å²) < 4.78 is 0. The summed E-state index contributed by atoms with van der Waals surface area (Å²) >= 11 is 1.87. The van der Waals surface area contributed by atoms with Crippen molar-refractivity contribution in [3.63, 3.8) is 0 Å². The van der Waals surface area contributed by atoms with Crippen molar-refractivity contribution in [1.29, 1.82) is 0 Å². The number of benzene rings is 1. The Balaban J connectivity index is 2.35. The van der Waals surface area contributed by atoms with Crippen molar-refractivity contribution in [2.24, 2.45) is 0 Å². The zero-order valence-electron chi connectivity index (χ0n) is 7.66. The first-order valence-electron chi connectivity index (χ1n) is 4.39. The van der Waals surface area contributed by atoms with Crippen LogP contribution in [0.5, 0.6) is 5.75 Å². The van der Waals surface area contributed by atoms with Crippen LogP contribution in [0.4, 0.5) is 0 Å². The standard InChI is InChI=1S/C10H13NOS/c1-11-4-5-13-10-3-2-9(12)6-8(10)7-11/h2-3,6,12H,4-5,7H2,1H3. The van der Waals surface area contributed by atoms with Crippen molar-refractivity contribution in [2.45, 2.75) is 11.4 Å². The summed E-state index contributed by atoms with van der Waals surface area (Å²) in [6.07, 6.45) is 0. The van der Waals surface area contributed by atoms with Crippen LogP contribution in [0.1, 0.15) is 5.56 Å². The van der Waals surface area contributed by atoms with Crippen LogP contribution in [0.3, 0.4) is 0 Å². The molecule has 0 fully saturated rings. The topological polar surface area (TPSA) is 23.5 Å². The summed E-state index contributed by atoms with van der Waals surface area (Å²) in [7, 11) is 2.11. The van der Waals surface area contributed by atoms with Crippen LogP contribution < -0.4 is 0 Å². The highest BCUT2D eigenvalue weighted by molar-refractivity contribution is 7.99. The van der Waals surface area contributed by atoms with Gasteiger partial charge in [-0.1, -0.05) is 0 Å². The first-order chi connectivity index (χ1) is 6.25. The van der Waals surface area contributed by atoms with E-state index in [0.29, 0.717) is 5.75 Å². The Morgan fingerprint density at radius 3 is 3.15 bits per heavy atom. The smallest absolute Gasteiger partial charge is 0.115 e. The number of rotatable bonds is 0. The zero-order valence-corrected chi connectivity index (χ0v) is 8.47. The first kappa shape index (κ1) is 8.91. The number of phenolic OH excluding ortho intramolecular Hbond substituents is 1. The van der Waals surface area contributed by atoms with Gasteiger partial charge in [-0.15, -0.1) is 11.8 Å². The molecule has 2 nitrogen and oxygen atoms in total. The van der Waals surface area contributed by atoms with Crippen LogP contribution in [0.2, 0.25) is 0 Å². The Labute approximate surface area is 82.6 Å². The number of fused-ring (bicyclic) bond motifs is 1. The molecule has 0 spiro atoms. The Hall–Kier alpha value is -0.670. The Morgan fingerprint density at radius 1 is 1.46 bits per heavy atom. The summed E-state index contributed by atoms with van der Waals surface area (Å²) in [4.78, 5) is 3.58. The van der Waals surface area contributed by atoms with E-state index in [0.717, 1.165) is 18.8 Å². The molecule has 1 aliphatic rings. The molecule has 1 aliphatic heterocycles. The minimum atomic E-state index is 0.370. The third-order valence-corrected chi connectivity index (χ3v) is 3.31.